The van der Waals surface area contributed by atoms with Gasteiger partial charge < -0.3 is 30.5 Å². The lowest BCUT2D eigenvalue weighted by atomic mass is 9.75. The van der Waals surface area contributed by atoms with Crippen molar-refractivity contribution in [3.05, 3.63) is 71.8 Å². The summed E-state index contributed by atoms with van der Waals surface area (Å²) in [7, 11) is -1.54. The summed E-state index contributed by atoms with van der Waals surface area (Å²) >= 11 is 0. The van der Waals surface area contributed by atoms with E-state index in [2.05, 4.69) is 10.6 Å². The van der Waals surface area contributed by atoms with E-state index in [1.165, 1.54) is 0 Å². The minimum Gasteiger partial charge on any atom is -0.445 e. The number of benzene rings is 2. The van der Waals surface area contributed by atoms with Crippen LogP contribution in [0, 0.1) is 5.92 Å². The molecule has 0 heterocycles. The van der Waals surface area contributed by atoms with Crippen molar-refractivity contribution in [2.75, 3.05) is 6.54 Å². The van der Waals surface area contributed by atoms with E-state index >= 15 is 0 Å². The maximum absolute atomic E-state index is 12.4. The van der Waals surface area contributed by atoms with Crippen LogP contribution in [-0.2, 0) is 17.8 Å². The first-order chi connectivity index (χ1) is 14.8. The van der Waals surface area contributed by atoms with Crippen LogP contribution in [0.1, 0.15) is 31.4 Å². The highest BCUT2D eigenvalue weighted by Crippen LogP contribution is 2.10. The van der Waals surface area contributed by atoms with Crippen LogP contribution in [0.3, 0.4) is 0 Å². The predicted molar refractivity (Wildman–Crippen MR) is 121 cm³/mol. The van der Waals surface area contributed by atoms with E-state index in [1.54, 1.807) is 0 Å². The minimum atomic E-state index is -1.54. The number of carbonyl (C=O) groups is 1. The van der Waals surface area contributed by atoms with Crippen molar-refractivity contribution in [1.82, 2.24) is 10.6 Å². The molecule has 0 aliphatic carbocycles. The zero-order chi connectivity index (χ0) is 22.6. The Morgan fingerprint density at radius 1 is 1.00 bits per heavy atom. The Morgan fingerprint density at radius 2 is 1.58 bits per heavy atom. The summed E-state index contributed by atoms with van der Waals surface area (Å²) in [6.07, 6.45) is -0.636. The second-order valence-electron chi connectivity index (χ2n) is 8.13. The molecule has 8 heteroatoms. The van der Waals surface area contributed by atoms with Crippen LogP contribution >= 0.6 is 0 Å². The first-order valence-corrected chi connectivity index (χ1v) is 10.6. The zero-order valence-electron chi connectivity index (χ0n) is 18.1. The maximum atomic E-state index is 12.4. The molecule has 0 aromatic heterocycles. The SMILES string of the molecule is CC(C)CC(NCC(O)C(Cc1ccccc1)NC(=O)OCc1ccccc1)B(O)O. The van der Waals surface area contributed by atoms with Gasteiger partial charge in [-0.3, -0.25) is 0 Å². The molecule has 0 bridgehead atoms. The number of ether oxygens (including phenoxy) is 1. The molecule has 2 rings (SSSR count). The van der Waals surface area contributed by atoms with E-state index in [0.29, 0.717) is 12.8 Å². The molecule has 0 fully saturated rings. The largest absolute Gasteiger partial charge is 0.469 e. The van der Waals surface area contributed by atoms with Crippen molar-refractivity contribution in [3.8, 4) is 0 Å². The molecule has 0 aliphatic rings. The molecule has 5 N–H and O–H groups in total. The summed E-state index contributed by atoms with van der Waals surface area (Å²) in [4.78, 5) is 12.4. The summed E-state index contributed by atoms with van der Waals surface area (Å²) in [6.45, 7) is 4.18. The maximum Gasteiger partial charge on any atom is 0.469 e. The lowest BCUT2D eigenvalue weighted by molar-refractivity contribution is 0.0990. The number of alkyl carbamates (subject to hydrolysis) is 1. The highest BCUT2D eigenvalue weighted by atomic mass is 16.5. The topological polar surface area (TPSA) is 111 Å². The fourth-order valence-corrected chi connectivity index (χ4v) is 3.30. The van der Waals surface area contributed by atoms with Gasteiger partial charge in [-0.15, -0.1) is 0 Å². The molecule has 3 unspecified atom stereocenters. The fourth-order valence-electron chi connectivity index (χ4n) is 3.30. The highest BCUT2D eigenvalue weighted by molar-refractivity contribution is 6.43. The predicted octanol–water partition coefficient (Wildman–Crippen LogP) is 1.90. The number of hydrogen-bond acceptors (Lipinski definition) is 6. The fraction of sp³-hybridized carbons (Fsp3) is 0.435. The van der Waals surface area contributed by atoms with Crippen molar-refractivity contribution in [2.45, 2.75) is 51.4 Å². The number of carbonyl (C=O) groups excluding carboxylic acids is 1. The molecule has 2 aromatic rings. The van der Waals surface area contributed by atoms with Crippen LogP contribution < -0.4 is 10.6 Å². The average Bonchev–Trinajstić information content (AvgIpc) is 2.75. The quantitative estimate of drug-likeness (QED) is 0.330. The Bertz CT molecular complexity index is 761. The Labute approximate surface area is 184 Å². The van der Waals surface area contributed by atoms with E-state index < -0.39 is 31.3 Å². The van der Waals surface area contributed by atoms with Crippen LogP contribution in [0.4, 0.5) is 4.79 Å². The van der Waals surface area contributed by atoms with Gasteiger partial charge in [0, 0.05) is 12.5 Å². The second-order valence-corrected chi connectivity index (χ2v) is 8.13. The summed E-state index contributed by atoms with van der Waals surface area (Å²) in [5.74, 6) is -0.320. The number of nitrogens with one attached hydrogen (secondary N) is 2. The van der Waals surface area contributed by atoms with Crippen molar-refractivity contribution < 1.29 is 24.7 Å². The van der Waals surface area contributed by atoms with E-state index in [-0.39, 0.29) is 19.1 Å². The second kappa shape index (κ2) is 13.1. The van der Waals surface area contributed by atoms with Crippen molar-refractivity contribution in [2.24, 2.45) is 5.92 Å². The van der Waals surface area contributed by atoms with Gasteiger partial charge in [-0.25, -0.2) is 4.79 Å². The lowest BCUT2D eigenvalue weighted by Crippen LogP contribution is -2.53. The van der Waals surface area contributed by atoms with Crippen molar-refractivity contribution >= 4 is 13.2 Å². The van der Waals surface area contributed by atoms with E-state index in [4.69, 9.17) is 4.74 Å². The molecule has 0 saturated heterocycles. The highest BCUT2D eigenvalue weighted by Gasteiger charge is 2.27. The van der Waals surface area contributed by atoms with Gasteiger partial charge in [-0.2, -0.15) is 0 Å². The molecule has 168 valence electrons. The summed E-state index contributed by atoms with van der Waals surface area (Å²) in [6, 6.07) is 18.3. The zero-order valence-corrected chi connectivity index (χ0v) is 18.1. The Balaban J connectivity index is 1.98. The third-order valence-corrected chi connectivity index (χ3v) is 4.95. The average molecular weight is 428 g/mol. The Hall–Kier alpha value is -2.39. The van der Waals surface area contributed by atoms with Crippen molar-refractivity contribution in [3.63, 3.8) is 0 Å². The van der Waals surface area contributed by atoms with Gasteiger partial charge in [0.25, 0.3) is 0 Å². The van der Waals surface area contributed by atoms with Gasteiger partial charge in [0.1, 0.15) is 6.61 Å². The van der Waals surface area contributed by atoms with Gasteiger partial charge in [-0.05, 0) is 29.9 Å². The molecule has 2 aromatic carbocycles. The van der Waals surface area contributed by atoms with Crippen LogP contribution in [0.25, 0.3) is 0 Å². The number of hydrogen-bond donors (Lipinski definition) is 5. The van der Waals surface area contributed by atoms with E-state index in [0.717, 1.165) is 11.1 Å². The number of aliphatic hydroxyl groups excluding tert-OH is 1. The smallest absolute Gasteiger partial charge is 0.445 e. The standard InChI is InChI=1S/C23H33BN2O5/c1-17(2)13-22(24(29)30)25-15-21(27)20(14-18-9-5-3-6-10-18)26-23(28)31-16-19-11-7-4-8-12-19/h3-12,17,20-22,25,27,29-30H,13-16H2,1-2H3,(H,26,28). The van der Waals surface area contributed by atoms with Crippen LogP contribution in [-0.4, -0.2) is 53.0 Å². The molecule has 0 aliphatic heterocycles. The minimum absolute atomic E-state index is 0.0888. The molecule has 0 spiro atoms. The first kappa shape index (κ1) is 24.9. The van der Waals surface area contributed by atoms with Gasteiger partial charge in [0.05, 0.1) is 12.1 Å². The van der Waals surface area contributed by atoms with Gasteiger partial charge in [0.15, 0.2) is 0 Å². The Kier molecular flexibility index (Phi) is 10.5. The third-order valence-electron chi connectivity index (χ3n) is 4.95. The molecule has 3 atom stereocenters. The third kappa shape index (κ3) is 9.52. The molecule has 31 heavy (non-hydrogen) atoms. The normalized spacial score (nSPS) is 14.0. The summed E-state index contributed by atoms with van der Waals surface area (Å²) < 4.78 is 5.30. The van der Waals surface area contributed by atoms with E-state index in [1.807, 2.05) is 74.5 Å². The first-order valence-electron chi connectivity index (χ1n) is 10.6. The van der Waals surface area contributed by atoms with Crippen LogP contribution in [0.5, 0.6) is 0 Å². The molecule has 0 radical (unpaired) electrons. The Morgan fingerprint density at radius 3 is 2.13 bits per heavy atom. The number of rotatable bonds is 12. The van der Waals surface area contributed by atoms with Gasteiger partial charge in [0.2, 0.25) is 0 Å². The molecular formula is C23H33BN2O5. The number of aliphatic hydroxyl groups is 1. The molecular weight excluding hydrogens is 395 g/mol. The van der Waals surface area contributed by atoms with Gasteiger partial charge >= 0.3 is 13.2 Å². The van der Waals surface area contributed by atoms with Crippen molar-refractivity contribution in [1.29, 1.82) is 0 Å². The molecule has 0 saturated carbocycles. The summed E-state index contributed by atoms with van der Waals surface area (Å²) in [5.41, 5.74) is 1.82. The number of amides is 1. The van der Waals surface area contributed by atoms with E-state index in [9.17, 15) is 19.9 Å². The molecule has 7 nitrogen and oxygen atoms in total. The lowest BCUT2D eigenvalue weighted by Gasteiger charge is -2.27. The monoisotopic (exact) mass is 428 g/mol. The summed E-state index contributed by atoms with van der Waals surface area (Å²) in [5, 5.41) is 35.7. The molecule has 1 amide bonds. The van der Waals surface area contributed by atoms with Crippen LogP contribution in [0.15, 0.2) is 60.7 Å². The van der Waals surface area contributed by atoms with Crippen LogP contribution in [0.2, 0.25) is 0 Å². The van der Waals surface area contributed by atoms with Gasteiger partial charge in [-0.1, -0.05) is 74.5 Å².